The fourth-order valence-electron chi connectivity index (χ4n) is 3.81. The quantitative estimate of drug-likeness (QED) is 0.703. The third kappa shape index (κ3) is 2.06. The lowest BCUT2D eigenvalue weighted by atomic mass is 9.70. The molecule has 0 nitrogen and oxygen atoms in total. The fourth-order valence-corrected chi connectivity index (χ4v) is 3.81. The Morgan fingerprint density at radius 1 is 1.20 bits per heavy atom. The summed E-state index contributed by atoms with van der Waals surface area (Å²) in [6.45, 7) is 7.04. The summed E-state index contributed by atoms with van der Waals surface area (Å²) in [4.78, 5) is 0. The van der Waals surface area contributed by atoms with Crippen molar-refractivity contribution < 1.29 is 0 Å². The zero-order valence-corrected chi connectivity index (χ0v) is 12.8. The molecule has 0 heterocycles. The van der Waals surface area contributed by atoms with Crippen molar-refractivity contribution in [2.75, 3.05) is 0 Å². The smallest absolute Gasteiger partial charge is 0.000590 e. The molecular weight excluding hydrogens is 240 g/mol. The average Bonchev–Trinajstić information content (AvgIpc) is 2.73. The zero-order chi connectivity index (χ0) is 14.2. The number of allylic oxidation sites excluding steroid dienone is 4. The van der Waals surface area contributed by atoms with Crippen molar-refractivity contribution in [1.29, 1.82) is 0 Å². The van der Waals surface area contributed by atoms with Crippen LogP contribution in [0.15, 0.2) is 48.6 Å². The van der Waals surface area contributed by atoms with Crippen molar-refractivity contribution in [2.24, 2.45) is 17.3 Å². The first-order valence-corrected chi connectivity index (χ1v) is 7.86. The standard InChI is InChI=1S/C20H24/c1-4-9-16-10-5-6-12-18(16)19-14-17-11-7-8-13-20(17,3)15(19)2/h5-8,10-13,15,17,19H,4,9H2,1-3H3. The highest BCUT2D eigenvalue weighted by Crippen LogP contribution is 2.56. The van der Waals surface area contributed by atoms with Crippen molar-refractivity contribution in [3.63, 3.8) is 0 Å². The molecule has 0 amide bonds. The van der Waals surface area contributed by atoms with Gasteiger partial charge in [0.1, 0.15) is 0 Å². The summed E-state index contributed by atoms with van der Waals surface area (Å²) in [6, 6.07) is 8.96. The molecule has 0 saturated heterocycles. The van der Waals surface area contributed by atoms with Gasteiger partial charge in [0.15, 0.2) is 0 Å². The molecule has 2 radical (unpaired) electrons. The van der Waals surface area contributed by atoms with Crippen molar-refractivity contribution in [2.45, 2.75) is 39.5 Å². The molecule has 1 aromatic rings. The highest BCUT2D eigenvalue weighted by Gasteiger charge is 2.48. The van der Waals surface area contributed by atoms with Gasteiger partial charge in [0.05, 0.1) is 0 Å². The zero-order valence-electron chi connectivity index (χ0n) is 12.8. The van der Waals surface area contributed by atoms with Gasteiger partial charge >= 0.3 is 0 Å². The predicted molar refractivity (Wildman–Crippen MR) is 85.5 cm³/mol. The van der Waals surface area contributed by atoms with Gasteiger partial charge in [0.25, 0.3) is 0 Å². The Morgan fingerprint density at radius 3 is 2.75 bits per heavy atom. The Balaban J connectivity index is 1.96. The van der Waals surface area contributed by atoms with Gasteiger partial charge in [-0.2, -0.15) is 0 Å². The maximum absolute atomic E-state index is 3.86. The van der Waals surface area contributed by atoms with Crippen LogP contribution in [-0.2, 0) is 6.42 Å². The third-order valence-electron chi connectivity index (χ3n) is 5.29. The van der Waals surface area contributed by atoms with Crippen LogP contribution in [-0.4, -0.2) is 0 Å². The molecule has 4 unspecified atom stereocenters. The minimum absolute atomic E-state index is 0.235. The van der Waals surface area contributed by atoms with E-state index in [1.165, 1.54) is 24.0 Å². The van der Waals surface area contributed by atoms with E-state index in [0.29, 0.717) is 17.8 Å². The van der Waals surface area contributed by atoms with Crippen LogP contribution < -0.4 is 0 Å². The van der Waals surface area contributed by atoms with Crippen molar-refractivity contribution >= 4 is 0 Å². The lowest BCUT2D eigenvalue weighted by molar-refractivity contribution is 0.271. The van der Waals surface area contributed by atoms with Crippen LogP contribution in [0.25, 0.3) is 0 Å². The summed E-state index contributed by atoms with van der Waals surface area (Å²) in [5, 5.41) is 0. The van der Waals surface area contributed by atoms with Crippen LogP contribution in [0.1, 0.15) is 44.2 Å². The summed E-state index contributed by atoms with van der Waals surface area (Å²) in [7, 11) is 0. The maximum atomic E-state index is 3.86. The monoisotopic (exact) mass is 264 g/mol. The van der Waals surface area contributed by atoms with E-state index in [-0.39, 0.29) is 5.41 Å². The summed E-state index contributed by atoms with van der Waals surface area (Å²) in [5.41, 5.74) is 3.24. The Labute approximate surface area is 123 Å². The van der Waals surface area contributed by atoms with E-state index in [1.807, 2.05) is 0 Å². The summed E-state index contributed by atoms with van der Waals surface area (Å²) in [5.74, 6) is 1.52. The minimum atomic E-state index is 0.235. The average molecular weight is 264 g/mol. The van der Waals surface area contributed by atoms with Gasteiger partial charge in [-0.3, -0.25) is 0 Å². The van der Waals surface area contributed by atoms with Crippen LogP contribution in [0.4, 0.5) is 0 Å². The maximum Gasteiger partial charge on any atom is -0.000590 e. The number of fused-ring (bicyclic) bond motifs is 1. The molecular formula is C20H24. The molecule has 1 saturated carbocycles. The Morgan fingerprint density at radius 2 is 2.00 bits per heavy atom. The minimum Gasteiger partial charge on any atom is -0.0799 e. The van der Waals surface area contributed by atoms with Gasteiger partial charge in [-0.05, 0) is 47.1 Å². The van der Waals surface area contributed by atoms with E-state index in [4.69, 9.17) is 0 Å². The Hall–Kier alpha value is -1.30. The molecule has 4 atom stereocenters. The van der Waals surface area contributed by atoms with Gasteiger partial charge in [0, 0.05) is 0 Å². The molecule has 0 heteroatoms. The molecule has 2 aliphatic rings. The van der Waals surface area contributed by atoms with E-state index in [2.05, 4.69) is 75.8 Å². The Bertz CT molecular complexity index is 537. The second-order valence-electron chi connectivity index (χ2n) is 6.47. The van der Waals surface area contributed by atoms with E-state index >= 15 is 0 Å². The van der Waals surface area contributed by atoms with Crippen molar-refractivity contribution in [3.05, 3.63) is 66.1 Å². The largest absolute Gasteiger partial charge is 0.0799 e. The summed E-state index contributed by atoms with van der Waals surface area (Å²) < 4.78 is 0. The highest BCUT2D eigenvalue weighted by molar-refractivity contribution is 5.39. The Kier molecular flexibility index (Phi) is 3.58. The summed E-state index contributed by atoms with van der Waals surface area (Å²) >= 11 is 0. The molecule has 0 bridgehead atoms. The number of hydrogen-bond acceptors (Lipinski definition) is 0. The van der Waals surface area contributed by atoms with Crippen LogP contribution in [0.2, 0.25) is 0 Å². The van der Waals surface area contributed by atoms with E-state index < -0.39 is 0 Å². The van der Waals surface area contributed by atoms with Gasteiger partial charge in [0.2, 0.25) is 0 Å². The molecule has 20 heavy (non-hydrogen) atoms. The molecule has 1 fully saturated rings. The second kappa shape index (κ2) is 5.24. The van der Waals surface area contributed by atoms with Crippen LogP contribution in [0.3, 0.4) is 0 Å². The number of hydrogen-bond donors (Lipinski definition) is 0. The molecule has 0 N–H and O–H groups in total. The molecule has 3 rings (SSSR count). The lowest BCUT2D eigenvalue weighted by Crippen LogP contribution is -2.26. The highest BCUT2D eigenvalue weighted by atomic mass is 14.5. The first-order chi connectivity index (χ1) is 9.66. The predicted octanol–water partition coefficient (Wildman–Crippen LogP) is 5.20. The number of rotatable bonds is 3. The van der Waals surface area contributed by atoms with Crippen molar-refractivity contribution in [1.82, 2.24) is 0 Å². The lowest BCUT2D eigenvalue weighted by Gasteiger charge is -2.33. The second-order valence-corrected chi connectivity index (χ2v) is 6.47. The fraction of sp³-hybridized carbons (Fsp3) is 0.450. The normalized spacial score (nSPS) is 35.2. The molecule has 0 aromatic heterocycles. The topological polar surface area (TPSA) is 0 Å². The van der Waals surface area contributed by atoms with Crippen LogP contribution >= 0.6 is 0 Å². The molecule has 104 valence electrons. The van der Waals surface area contributed by atoms with E-state index in [9.17, 15) is 0 Å². The molecule has 1 aromatic carbocycles. The van der Waals surface area contributed by atoms with Crippen LogP contribution in [0.5, 0.6) is 0 Å². The first kappa shape index (κ1) is 13.7. The molecule has 0 aliphatic heterocycles. The first-order valence-electron chi connectivity index (χ1n) is 7.86. The van der Waals surface area contributed by atoms with Crippen molar-refractivity contribution in [3.8, 4) is 0 Å². The number of aryl methyl sites for hydroxylation is 1. The summed E-state index contributed by atoms with van der Waals surface area (Å²) in [6.07, 6.45) is 15.3. The van der Waals surface area contributed by atoms with Gasteiger partial charge < -0.3 is 0 Å². The SMILES string of the molecule is CCCc1ccccc1C1[C]C2C=CC=CC2(C)C1C. The van der Waals surface area contributed by atoms with E-state index in [1.54, 1.807) is 0 Å². The van der Waals surface area contributed by atoms with Gasteiger partial charge in [-0.25, -0.2) is 0 Å². The van der Waals surface area contributed by atoms with Gasteiger partial charge in [-0.1, -0.05) is 75.8 Å². The van der Waals surface area contributed by atoms with E-state index in [0.717, 1.165) is 0 Å². The van der Waals surface area contributed by atoms with Gasteiger partial charge in [-0.15, -0.1) is 0 Å². The molecule has 2 aliphatic carbocycles. The number of benzene rings is 1. The molecule has 0 spiro atoms. The van der Waals surface area contributed by atoms with Crippen LogP contribution in [0, 0.1) is 23.7 Å². The third-order valence-corrected chi connectivity index (χ3v) is 5.29.